The standard InChI is InChI=1S/C13H18N2O/c1-13(2,10-16)15(3)9-12-7-5-4-6-11(12)8-14/h4-7,16H,9-10H2,1-3H3. The lowest BCUT2D eigenvalue weighted by atomic mass is 10.0. The van der Waals surface area contributed by atoms with Crippen molar-refractivity contribution in [2.45, 2.75) is 25.9 Å². The molecule has 3 heteroatoms. The molecule has 86 valence electrons. The third kappa shape index (κ3) is 2.82. The fourth-order valence-corrected chi connectivity index (χ4v) is 1.36. The smallest absolute Gasteiger partial charge is 0.0995 e. The molecule has 3 nitrogen and oxygen atoms in total. The van der Waals surface area contributed by atoms with Gasteiger partial charge in [-0.3, -0.25) is 4.90 Å². The number of rotatable bonds is 4. The van der Waals surface area contributed by atoms with Crippen molar-refractivity contribution < 1.29 is 5.11 Å². The van der Waals surface area contributed by atoms with Gasteiger partial charge in [-0.1, -0.05) is 18.2 Å². The molecule has 0 aliphatic rings. The highest BCUT2D eigenvalue weighted by Crippen LogP contribution is 2.17. The average molecular weight is 218 g/mol. The van der Waals surface area contributed by atoms with Crippen molar-refractivity contribution in [1.82, 2.24) is 4.90 Å². The van der Waals surface area contributed by atoms with Gasteiger partial charge in [-0.25, -0.2) is 0 Å². The Morgan fingerprint density at radius 3 is 2.56 bits per heavy atom. The van der Waals surface area contributed by atoms with Gasteiger partial charge in [0.25, 0.3) is 0 Å². The molecule has 1 N–H and O–H groups in total. The Balaban J connectivity index is 2.85. The van der Waals surface area contributed by atoms with E-state index in [0.717, 1.165) is 5.56 Å². The first-order valence-corrected chi connectivity index (χ1v) is 5.31. The summed E-state index contributed by atoms with van der Waals surface area (Å²) in [4.78, 5) is 2.04. The second-order valence-electron chi connectivity index (χ2n) is 4.60. The van der Waals surface area contributed by atoms with Crippen molar-refractivity contribution >= 4 is 0 Å². The highest BCUT2D eigenvalue weighted by atomic mass is 16.3. The van der Waals surface area contributed by atoms with E-state index in [9.17, 15) is 5.11 Å². The van der Waals surface area contributed by atoms with Gasteiger partial charge in [0.05, 0.1) is 18.2 Å². The lowest BCUT2D eigenvalue weighted by Gasteiger charge is -2.34. The Hall–Kier alpha value is -1.37. The number of aliphatic hydroxyl groups excluding tert-OH is 1. The third-order valence-electron chi connectivity index (χ3n) is 2.97. The van der Waals surface area contributed by atoms with Crippen LogP contribution in [0.2, 0.25) is 0 Å². The van der Waals surface area contributed by atoms with Crippen LogP contribution in [-0.2, 0) is 6.54 Å². The van der Waals surface area contributed by atoms with E-state index in [1.54, 1.807) is 0 Å². The van der Waals surface area contributed by atoms with E-state index in [0.29, 0.717) is 12.1 Å². The summed E-state index contributed by atoms with van der Waals surface area (Å²) in [5.41, 5.74) is 1.42. The lowest BCUT2D eigenvalue weighted by molar-refractivity contribution is 0.0733. The zero-order valence-corrected chi connectivity index (χ0v) is 10.1. The van der Waals surface area contributed by atoms with Crippen molar-refractivity contribution in [3.63, 3.8) is 0 Å². The van der Waals surface area contributed by atoms with Crippen molar-refractivity contribution in [3.8, 4) is 6.07 Å². The first-order chi connectivity index (χ1) is 7.51. The summed E-state index contributed by atoms with van der Waals surface area (Å²) >= 11 is 0. The molecule has 0 atom stereocenters. The average Bonchev–Trinajstić information content (AvgIpc) is 2.29. The normalized spacial score (nSPS) is 11.5. The molecule has 0 heterocycles. The Bertz CT molecular complexity index is 393. The van der Waals surface area contributed by atoms with Gasteiger partial charge < -0.3 is 5.11 Å². The molecule has 0 radical (unpaired) electrons. The zero-order chi connectivity index (χ0) is 12.2. The second-order valence-corrected chi connectivity index (χ2v) is 4.60. The molecule has 0 aliphatic heterocycles. The highest BCUT2D eigenvalue weighted by Gasteiger charge is 2.22. The molecule has 16 heavy (non-hydrogen) atoms. The van der Waals surface area contributed by atoms with Crippen LogP contribution in [0.1, 0.15) is 25.0 Å². The summed E-state index contributed by atoms with van der Waals surface area (Å²) < 4.78 is 0. The van der Waals surface area contributed by atoms with Gasteiger partial charge >= 0.3 is 0 Å². The van der Waals surface area contributed by atoms with E-state index < -0.39 is 0 Å². The third-order valence-corrected chi connectivity index (χ3v) is 2.97. The summed E-state index contributed by atoms with van der Waals surface area (Å²) in [6.45, 7) is 4.71. The molecule has 1 aromatic carbocycles. The van der Waals surface area contributed by atoms with Crippen LogP contribution in [0.25, 0.3) is 0 Å². The minimum absolute atomic E-state index is 0.0955. The van der Waals surface area contributed by atoms with Crippen LogP contribution in [0.4, 0.5) is 0 Å². The van der Waals surface area contributed by atoms with Gasteiger partial charge in [0.15, 0.2) is 0 Å². The van der Waals surface area contributed by atoms with Crippen LogP contribution < -0.4 is 0 Å². The quantitative estimate of drug-likeness (QED) is 0.837. The van der Waals surface area contributed by atoms with E-state index in [-0.39, 0.29) is 12.1 Å². The summed E-state index contributed by atoms with van der Waals surface area (Å²) in [6, 6.07) is 9.73. The maximum atomic E-state index is 9.26. The van der Waals surface area contributed by atoms with Crippen LogP contribution in [0.5, 0.6) is 0 Å². The van der Waals surface area contributed by atoms with Gasteiger partial charge in [0.1, 0.15) is 0 Å². The molecule has 0 aliphatic carbocycles. The minimum atomic E-state index is -0.275. The number of nitrogens with zero attached hydrogens (tertiary/aromatic N) is 2. The van der Waals surface area contributed by atoms with E-state index in [2.05, 4.69) is 6.07 Å². The van der Waals surface area contributed by atoms with Crippen molar-refractivity contribution in [2.24, 2.45) is 0 Å². The molecule has 0 fully saturated rings. The second kappa shape index (κ2) is 5.11. The zero-order valence-electron chi connectivity index (χ0n) is 10.1. The molecule has 1 rings (SSSR count). The van der Waals surface area contributed by atoms with Crippen molar-refractivity contribution in [3.05, 3.63) is 35.4 Å². The van der Waals surface area contributed by atoms with Gasteiger partial charge in [-0.05, 0) is 32.5 Å². The first-order valence-electron chi connectivity index (χ1n) is 5.31. The predicted octanol–water partition coefficient (Wildman–Crippen LogP) is 1.76. The molecule has 0 saturated heterocycles. The maximum Gasteiger partial charge on any atom is 0.0995 e. The Labute approximate surface area is 96.9 Å². The minimum Gasteiger partial charge on any atom is -0.394 e. The first kappa shape index (κ1) is 12.7. The van der Waals surface area contributed by atoms with E-state index in [4.69, 9.17) is 5.26 Å². The number of nitriles is 1. The molecule has 0 unspecified atom stereocenters. The van der Waals surface area contributed by atoms with E-state index in [1.165, 1.54) is 0 Å². The molecule has 0 saturated carbocycles. The summed E-state index contributed by atoms with van der Waals surface area (Å²) in [5, 5.41) is 18.2. The number of hydrogen-bond acceptors (Lipinski definition) is 3. The fraction of sp³-hybridized carbons (Fsp3) is 0.462. The fourth-order valence-electron chi connectivity index (χ4n) is 1.36. The van der Waals surface area contributed by atoms with Crippen LogP contribution in [0.15, 0.2) is 24.3 Å². The number of aliphatic hydroxyl groups is 1. The Morgan fingerprint density at radius 1 is 1.38 bits per heavy atom. The Morgan fingerprint density at radius 2 is 2.00 bits per heavy atom. The highest BCUT2D eigenvalue weighted by molar-refractivity contribution is 5.37. The van der Waals surface area contributed by atoms with E-state index >= 15 is 0 Å². The molecule has 1 aromatic rings. The molecule has 0 spiro atoms. The topological polar surface area (TPSA) is 47.3 Å². The monoisotopic (exact) mass is 218 g/mol. The molecule has 0 aromatic heterocycles. The number of likely N-dealkylation sites (N-methyl/N-ethyl adjacent to an activating group) is 1. The molecular formula is C13H18N2O. The van der Waals surface area contributed by atoms with Crippen molar-refractivity contribution in [2.75, 3.05) is 13.7 Å². The molecule has 0 bridgehead atoms. The number of benzene rings is 1. The van der Waals surface area contributed by atoms with E-state index in [1.807, 2.05) is 50.1 Å². The van der Waals surface area contributed by atoms with Gasteiger partial charge in [-0.2, -0.15) is 5.26 Å². The summed E-state index contributed by atoms with van der Waals surface area (Å²) in [5.74, 6) is 0. The summed E-state index contributed by atoms with van der Waals surface area (Å²) in [6.07, 6.45) is 0. The van der Waals surface area contributed by atoms with Crippen LogP contribution in [0, 0.1) is 11.3 Å². The van der Waals surface area contributed by atoms with Crippen LogP contribution in [-0.4, -0.2) is 29.2 Å². The Kier molecular flexibility index (Phi) is 4.05. The van der Waals surface area contributed by atoms with Gasteiger partial charge in [0, 0.05) is 12.1 Å². The van der Waals surface area contributed by atoms with Crippen LogP contribution >= 0.6 is 0 Å². The van der Waals surface area contributed by atoms with Gasteiger partial charge in [-0.15, -0.1) is 0 Å². The SMILES string of the molecule is CN(Cc1ccccc1C#N)C(C)(C)CO. The predicted molar refractivity (Wildman–Crippen MR) is 63.8 cm³/mol. The van der Waals surface area contributed by atoms with Gasteiger partial charge in [0.2, 0.25) is 0 Å². The lowest BCUT2D eigenvalue weighted by Crippen LogP contribution is -2.43. The van der Waals surface area contributed by atoms with Crippen molar-refractivity contribution in [1.29, 1.82) is 5.26 Å². The molecular weight excluding hydrogens is 200 g/mol. The molecule has 0 amide bonds. The van der Waals surface area contributed by atoms with Crippen LogP contribution in [0.3, 0.4) is 0 Å². The largest absolute Gasteiger partial charge is 0.394 e. The maximum absolute atomic E-state index is 9.26. The summed E-state index contributed by atoms with van der Waals surface area (Å²) in [7, 11) is 1.95. The number of hydrogen-bond donors (Lipinski definition) is 1.